The Morgan fingerprint density at radius 1 is 1.44 bits per heavy atom. The van der Waals surface area contributed by atoms with Crippen molar-refractivity contribution in [3.63, 3.8) is 0 Å². The lowest BCUT2D eigenvalue weighted by Gasteiger charge is -2.07. The molecule has 2 rings (SSSR count). The SMILES string of the molecule is Cc1[nH]c2ccc(C(=O)NC[C@H](C)O)cc2c1C. The number of benzene rings is 1. The van der Waals surface area contributed by atoms with Crippen LogP contribution in [0.5, 0.6) is 0 Å². The number of aliphatic hydroxyl groups is 1. The first-order valence-corrected chi connectivity index (χ1v) is 6.04. The summed E-state index contributed by atoms with van der Waals surface area (Å²) in [7, 11) is 0. The fraction of sp³-hybridized carbons (Fsp3) is 0.357. The number of aliphatic hydroxyl groups excluding tert-OH is 1. The second-order valence-electron chi connectivity index (χ2n) is 4.69. The summed E-state index contributed by atoms with van der Waals surface area (Å²) < 4.78 is 0. The van der Waals surface area contributed by atoms with Crippen molar-refractivity contribution < 1.29 is 9.90 Å². The van der Waals surface area contributed by atoms with Gasteiger partial charge in [-0.3, -0.25) is 4.79 Å². The van der Waals surface area contributed by atoms with Gasteiger partial charge in [0.15, 0.2) is 0 Å². The molecular weight excluding hydrogens is 228 g/mol. The topological polar surface area (TPSA) is 65.1 Å². The molecule has 0 aliphatic heterocycles. The zero-order valence-electron chi connectivity index (χ0n) is 10.9. The number of hydrogen-bond donors (Lipinski definition) is 3. The molecule has 0 aliphatic rings. The number of H-pyrrole nitrogens is 1. The van der Waals surface area contributed by atoms with Gasteiger partial charge in [-0.15, -0.1) is 0 Å². The fourth-order valence-electron chi connectivity index (χ4n) is 1.94. The van der Waals surface area contributed by atoms with E-state index in [-0.39, 0.29) is 12.5 Å². The first-order chi connectivity index (χ1) is 8.49. The van der Waals surface area contributed by atoms with Gasteiger partial charge in [0.25, 0.3) is 5.91 Å². The molecule has 0 fully saturated rings. The molecule has 96 valence electrons. The summed E-state index contributed by atoms with van der Waals surface area (Å²) in [5.74, 6) is -0.156. The van der Waals surface area contributed by atoms with Crippen LogP contribution in [-0.4, -0.2) is 28.6 Å². The monoisotopic (exact) mass is 246 g/mol. The number of carbonyl (C=O) groups excluding carboxylic acids is 1. The molecule has 1 aromatic carbocycles. The minimum Gasteiger partial charge on any atom is -0.392 e. The lowest BCUT2D eigenvalue weighted by Crippen LogP contribution is -2.30. The van der Waals surface area contributed by atoms with E-state index in [2.05, 4.69) is 10.3 Å². The van der Waals surface area contributed by atoms with Crippen molar-refractivity contribution in [3.8, 4) is 0 Å². The van der Waals surface area contributed by atoms with E-state index in [0.717, 1.165) is 22.2 Å². The quantitative estimate of drug-likeness (QED) is 0.774. The Morgan fingerprint density at radius 2 is 2.17 bits per heavy atom. The molecule has 0 spiro atoms. The van der Waals surface area contributed by atoms with Crippen LogP contribution in [0.25, 0.3) is 10.9 Å². The van der Waals surface area contributed by atoms with Crippen LogP contribution in [-0.2, 0) is 0 Å². The van der Waals surface area contributed by atoms with E-state index in [4.69, 9.17) is 5.11 Å². The smallest absolute Gasteiger partial charge is 0.251 e. The second-order valence-corrected chi connectivity index (χ2v) is 4.69. The molecule has 3 N–H and O–H groups in total. The number of carbonyl (C=O) groups is 1. The number of aromatic amines is 1. The second kappa shape index (κ2) is 4.82. The van der Waals surface area contributed by atoms with Gasteiger partial charge in [-0.1, -0.05) is 0 Å². The summed E-state index contributed by atoms with van der Waals surface area (Å²) in [6.45, 7) is 5.96. The predicted molar refractivity (Wildman–Crippen MR) is 71.8 cm³/mol. The summed E-state index contributed by atoms with van der Waals surface area (Å²) >= 11 is 0. The number of nitrogens with one attached hydrogen (secondary N) is 2. The number of rotatable bonds is 3. The highest BCUT2D eigenvalue weighted by atomic mass is 16.3. The zero-order valence-corrected chi connectivity index (χ0v) is 10.9. The minimum absolute atomic E-state index is 0.156. The van der Waals surface area contributed by atoms with Gasteiger partial charge in [0.2, 0.25) is 0 Å². The van der Waals surface area contributed by atoms with Crippen LogP contribution in [0, 0.1) is 13.8 Å². The van der Waals surface area contributed by atoms with E-state index in [1.54, 1.807) is 13.0 Å². The molecule has 1 atom stereocenters. The van der Waals surface area contributed by atoms with Crippen molar-refractivity contribution in [1.29, 1.82) is 0 Å². The predicted octanol–water partition coefficient (Wildman–Crippen LogP) is 1.90. The molecule has 2 aromatic rings. The van der Waals surface area contributed by atoms with Crippen molar-refractivity contribution in [2.24, 2.45) is 0 Å². The van der Waals surface area contributed by atoms with Crippen molar-refractivity contribution in [3.05, 3.63) is 35.0 Å². The highest BCUT2D eigenvalue weighted by Gasteiger charge is 2.10. The van der Waals surface area contributed by atoms with Crippen molar-refractivity contribution in [1.82, 2.24) is 10.3 Å². The Balaban J connectivity index is 2.29. The molecule has 1 aromatic heterocycles. The fourth-order valence-corrected chi connectivity index (χ4v) is 1.94. The normalized spacial score (nSPS) is 12.7. The summed E-state index contributed by atoms with van der Waals surface area (Å²) in [5, 5.41) is 12.9. The average Bonchev–Trinajstić information content (AvgIpc) is 2.62. The first-order valence-electron chi connectivity index (χ1n) is 6.04. The van der Waals surface area contributed by atoms with E-state index >= 15 is 0 Å². The van der Waals surface area contributed by atoms with E-state index in [1.165, 1.54) is 0 Å². The third kappa shape index (κ3) is 2.38. The number of amides is 1. The standard InChI is InChI=1S/C14H18N2O2/c1-8(17)7-15-14(18)11-4-5-13-12(6-11)9(2)10(3)16-13/h4-6,8,16-17H,7H2,1-3H3,(H,15,18)/t8-/m0/s1. The van der Waals surface area contributed by atoms with Gasteiger partial charge < -0.3 is 15.4 Å². The van der Waals surface area contributed by atoms with Crippen molar-refractivity contribution in [2.45, 2.75) is 26.9 Å². The summed E-state index contributed by atoms with van der Waals surface area (Å²) in [6, 6.07) is 5.58. The van der Waals surface area contributed by atoms with E-state index in [0.29, 0.717) is 5.56 Å². The minimum atomic E-state index is -0.533. The highest BCUT2D eigenvalue weighted by molar-refractivity contribution is 5.99. The maximum absolute atomic E-state index is 11.9. The Kier molecular flexibility index (Phi) is 3.39. The molecule has 4 heteroatoms. The van der Waals surface area contributed by atoms with Crippen LogP contribution in [0.3, 0.4) is 0 Å². The summed E-state index contributed by atoms with van der Waals surface area (Å²) in [5.41, 5.74) is 3.93. The van der Waals surface area contributed by atoms with Gasteiger partial charge in [-0.05, 0) is 44.5 Å². The number of fused-ring (bicyclic) bond motifs is 1. The van der Waals surface area contributed by atoms with Crippen LogP contribution in [0.4, 0.5) is 0 Å². The lowest BCUT2D eigenvalue weighted by molar-refractivity contribution is 0.0924. The summed E-state index contributed by atoms with van der Waals surface area (Å²) in [6.07, 6.45) is -0.533. The number of aryl methyl sites for hydroxylation is 2. The molecule has 4 nitrogen and oxygen atoms in total. The van der Waals surface area contributed by atoms with Crippen molar-refractivity contribution in [2.75, 3.05) is 6.54 Å². The molecule has 0 saturated carbocycles. The Bertz CT molecular complexity index is 585. The summed E-state index contributed by atoms with van der Waals surface area (Å²) in [4.78, 5) is 15.1. The number of aromatic nitrogens is 1. The number of hydrogen-bond acceptors (Lipinski definition) is 2. The van der Waals surface area contributed by atoms with Gasteiger partial charge in [0.05, 0.1) is 6.10 Å². The first kappa shape index (κ1) is 12.6. The van der Waals surface area contributed by atoms with Crippen molar-refractivity contribution >= 4 is 16.8 Å². The Labute approximate surface area is 106 Å². The molecule has 0 saturated heterocycles. The van der Waals surface area contributed by atoms with E-state index in [1.807, 2.05) is 26.0 Å². The zero-order chi connectivity index (χ0) is 13.3. The molecular formula is C14H18N2O2. The highest BCUT2D eigenvalue weighted by Crippen LogP contribution is 2.22. The van der Waals surface area contributed by atoms with Crippen LogP contribution >= 0.6 is 0 Å². The molecule has 1 amide bonds. The molecule has 1 heterocycles. The average molecular weight is 246 g/mol. The van der Waals surface area contributed by atoms with Gasteiger partial charge in [-0.2, -0.15) is 0 Å². The molecule has 0 bridgehead atoms. The lowest BCUT2D eigenvalue weighted by atomic mass is 10.1. The third-order valence-corrected chi connectivity index (χ3v) is 3.13. The van der Waals surface area contributed by atoms with Crippen LogP contribution in [0.1, 0.15) is 28.5 Å². The van der Waals surface area contributed by atoms with Crippen LogP contribution in [0.15, 0.2) is 18.2 Å². The maximum atomic E-state index is 11.9. The Morgan fingerprint density at radius 3 is 2.83 bits per heavy atom. The van der Waals surface area contributed by atoms with E-state index < -0.39 is 6.10 Å². The van der Waals surface area contributed by atoms with Gasteiger partial charge in [-0.25, -0.2) is 0 Å². The molecule has 0 radical (unpaired) electrons. The van der Waals surface area contributed by atoms with Gasteiger partial charge >= 0.3 is 0 Å². The third-order valence-electron chi connectivity index (χ3n) is 3.13. The van der Waals surface area contributed by atoms with Crippen LogP contribution in [0.2, 0.25) is 0 Å². The molecule has 0 unspecified atom stereocenters. The van der Waals surface area contributed by atoms with Crippen LogP contribution < -0.4 is 5.32 Å². The van der Waals surface area contributed by atoms with E-state index in [9.17, 15) is 4.79 Å². The van der Waals surface area contributed by atoms with Gasteiger partial charge in [0.1, 0.15) is 0 Å². The molecule has 18 heavy (non-hydrogen) atoms. The Hall–Kier alpha value is -1.81. The largest absolute Gasteiger partial charge is 0.392 e. The maximum Gasteiger partial charge on any atom is 0.251 e. The van der Waals surface area contributed by atoms with Gasteiger partial charge in [0, 0.05) is 28.7 Å². The molecule has 0 aliphatic carbocycles.